The first kappa shape index (κ1) is 23.3. The molecule has 0 fully saturated rings. The van der Waals surface area contributed by atoms with E-state index < -0.39 is 51.9 Å². The second-order valence-corrected chi connectivity index (χ2v) is 9.27. The highest BCUT2D eigenvalue weighted by Gasteiger charge is 2.34. The van der Waals surface area contributed by atoms with E-state index in [-0.39, 0.29) is 12.3 Å². The SMILES string of the molecule is CC(C)C[C@H](NC(=O)CNC(=O)C(NS(C)(=O)=O)C(C)(C)C)C(=O)O. The minimum Gasteiger partial charge on any atom is -0.480 e. The van der Waals surface area contributed by atoms with Crippen LogP contribution in [0.15, 0.2) is 0 Å². The molecule has 9 nitrogen and oxygen atoms in total. The Kier molecular flexibility index (Phi) is 8.52. The molecular formula is C15H29N3O6S. The number of amides is 2. The van der Waals surface area contributed by atoms with E-state index in [1.165, 1.54) is 0 Å². The van der Waals surface area contributed by atoms with Crippen LogP contribution in [0.1, 0.15) is 41.0 Å². The predicted molar refractivity (Wildman–Crippen MR) is 93.3 cm³/mol. The molecule has 2 amide bonds. The van der Waals surface area contributed by atoms with Crippen LogP contribution in [0.25, 0.3) is 0 Å². The van der Waals surface area contributed by atoms with Gasteiger partial charge in [-0.15, -0.1) is 0 Å². The summed E-state index contributed by atoms with van der Waals surface area (Å²) in [6.07, 6.45) is 1.20. The molecule has 0 spiro atoms. The molecule has 0 aromatic heterocycles. The van der Waals surface area contributed by atoms with E-state index in [2.05, 4.69) is 15.4 Å². The minimum absolute atomic E-state index is 0.0697. The molecule has 0 bridgehead atoms. The summed E-state index contributed by atoms with van der Waals surface area (Å²) >= 11 is 0. The monoisotopic (exact) mass is 379 g/mol. The highest BCUT2D eigenvalue weighted by molar-refractivity contribution is 7.88. The first-order valence-electron chi connectivity index (χ1n) is 7.90. The molecule has 4 N–H and O–H groups in total. The Bertz CT molecular complexity index is 595. The molecule has 10 heteroatoms. The van der Waals surface area contributed by atoms with Crippen LogP contribution in [-0.4, -0.2) is 56.2 Å². The number of sulfonamides is 1. The second kappa shape index (κ2) is 9.14. The van der Waals surface area contributed by atoms with Gasteiger partial charge in [0, 0.05) is 0 Å². The van der Waals surface area contributed by atoms with Gasteiger partial charge in [0.15, 0.2) is 0 Å². The van der Waals surface area contributed by atoms with Crippen molar-refractivity contribution in [3.8, 4) is 0 Å². The van der Waals surface area contributed by atoms with Gasteiger partial charge in [0.05, 0.1) is 12.8 Å². The molecule has 146 valence electrons. The van der Waals surface area contributed by atoms with Crippen molar-refractivity contribution in [2.45, 2.75) is 53.1 Å². The normalized spacial score (nSPS) is 14.7. The number of aliphatic carboxylic acids is 1. The standard InChI is InChI=1S/C15H29N3O6S/c1-9(2)7-10(14(21)22)17-11(19)8-16-13(20)12(15(3,4)5)18-25(6,23)24/h9-10,12,18H,7-8H2,1-6H3,(H,16,20)(H,17,19)(H,21,22)/t10-,12?/m0/s1. The van der Waals surface area contributed by atoms with Gasteiger partial charge in [-0.3, -0.25) is 9.59 Å². The number of hydrogen-bond donors (Lipinski definition) is 4. The summed E-state index contributed by atoms with van der Waals surface area (Å²) in [6, 6.07) is -2.11. The van der Waals surface area contributed by atoms with Gasteiger partial charge in [0.2, 0.25) is 21.8 Å². The number of carboxylic acid groups (broad SMARTS) is 1. The van der Waals surface area contributed by atoms with Crippen molar-refractivity contribution >= 4 is 27.8 Å². The molecular weight excluding hydrogens is 350 g/mol. The zero-order valence-electron chi connectivity index (χ0n) is 15.5. The Labute approximate surface area is 149 Å². The maximum Gasteiger partial charge on any atom is 0.326 e. The summed E-state index contributed by atoms with van der Waals surface area (Å²) in [6.45, 7) is 8.25. The molecule has 2 atom stereocenters. The summed E-state index contributed by atoms with van der Waals surface area (Å²) in [5.41, 5.74) is -0.717. The van der Waals surface area contributed by atoms with Crippen molar-refractivity contribution in [3.05, 3.63) is 0 Å². The summed E-state index contributed by atoms with van der Waals surface area (Å²) in [5.74, 6) is -2.41. The first-order valence-corrected chi connectivity index (χ1v) is 9.79. The fourth-order valence-electron chi connectivity index (χ4n) is 2.05. The van der Waals surface area contributed by atoms with E-state index in [0.29, 0.717) is 0 Å². The van der Waals surface area contributed by atoms with Gasteiger partial charge >= 0.3 is 5.97 Å². The molecule has 0 radical (unpaired) electrons. The average Bonchev–Trinajstić information content (AvgIpc) is 2.38. The quantitative estimate of drug-likeness (QED) is 0.433. The Balaban J connectivity index is 4.83. The number of nitrogens with one attached hydrogen (secondary N) is 3. The fraction of sp³-hybridized carbons (Fsp3) is 0.800. The third kappa shape index (κ3) is 10.0. The largest absolute Gasteiger partial charge is 0.480 e. The van der Waals surface area contributed by atoms with E-state index in [9.17, 15) is 22.8 Å². The summed E-state index contributed by atoms with van der Waals surface area (Å²) in [5, 5.41) is 13.8. The van der Waals surface area contributed by atoms with Crippen molar-refractivity contribution in [2.24, 2.45) is 11.3 Å². The second-order valence-electron chi connectivity index (χ2n) is 7.49. The van der Waals surface area contributed by atoms with Crippen molar-refractivity contribution in [1.29, 1.82) is 0 Å². The zero-order valence-corrected chi connectivity index (χ0v) is 16.4. The number of carbonyl (C=O) groups is 3. The Morgan fingerprint density at radius 2 is 1.64 bits per heavy atom. The van der Waals surface area contributed by atoms with Crippen molar-refractivity contribution < 1.29 is 27.9 Å². The average molecular weight is 379 g/mol. The Morgan fingerprint density at radius 3 is 2.00 bits per heavy atom. The number of rotatable bonds is 9. The molecule has 0 aromatic rings. The lowest BCUT2D eigenvalue weighted by atomic mass is 9.87. The lowest BCUT2D eigenvalue weighted by Crippen LogP contribution is -2.55. The zero-order chi connectivity index (χ0) is 20.0. The van der Waals surface area contributed by atoms with E-state index >= 15 is 0 Å². The molecule has 0 aliphatic heterocycles. The van der Waals surface area contributed by atoms with Gasteiger partial charge in [-0.2, -0.15) is 0 Å². The molecule has 0 aliphatic carbocycles. The van der Waals surface area contributed by atoms with Gasteiger partial charge in [-0.05, 0) is 17.8 Å². The van der Waals surface area contributed by atoms with Gasteiger partial charge in [-0.1, -0.05) is 34.6 Å². The van der Waals surface area contributed by atoms with E-state index in [1.807, 2.05) is 13.8 Å². The summed E-state index contributed by atoms with van der Waals surface area (Å²) < 4.78 is 25.1. The Morgan fingerprint density at radius 1 is 1.12 bits per heavy atom. The van der Waals surface area contributed by atoms with Crippen LogP contribution in [0.5, 0.6) is 0 Å². The van der Waals surface area contributed by atoms with Crippen molar-refractivity contribution in [3.63, 3.8) is 0 Å². The molecule has 0 aromatic carbocycles. The highest BCUT2D eigenvalue weighted by atomic mass is 32.2. The smallest absolute Gasteiger partial charge is 0.326 e. The molecule has 0 heterocycles. The lowest BCUT2D eigenvalue weighted by Gasteiger charge is -2.29. The Hall–Kier alpha value is -1.68. The molecule has 1 unspecified atom stereocenters. The topological polar surface area (TPSA) is 142 Å². The van der Waals surface area contributed by atoms with Gasteiger partial charge in [0.1, 0.15) is 12.1 Å². The fourth-order valence-corrected chi connectivity index (χ4v) is 2.93. The maximum absolute atomic E-state index is 12.2. The van der Waals surface area contributed by atoms with Gasteiger partial charge < -0.3 is 15.7 Å². The number of hydrogen-bond acceptors (Lipinski definition) is 5. The van der Waals surface area contributed by atoms with Crippen molar-refractivity contribution in [2.75, 3.05) is 12.8 Å². The summed E-state index contributed by atoms with van der Waals surface area (Å²) in [4.78, 5) is 35.2. The third-order valence-corrected chi connectivity index (χ3v) is 3.89. The van der Waals surface area contributed by atoms with Crippen LogP contribution in [0, 0.1) is 11.3 Å². The summed E-state index contributed by atoms with van der Waals surface area (Å²) in [7, 11) is -3.62. The van der Waals surface area contributed by atoms with Crippen LogP contribution in [0.4, 0.5) is 0 Å². The van der Waals surface area contributed by atoms with Gasteiger partial charge in [-0.25, -0.2) is 17.9 Å². The molecule has 25 heavy (non-hydrogen) atoms. The number of carbonyl (C=O) groups excluding carboxylic acids is 2. The van der Waals surface area contributed by atoms with E-state index in [4.69, 9.17) is 5.11 Å². The van der Waals surface area contributed by atoms with E-state index in [1.54, 1.807) is 20.8 Å². The predicted octanol–water partition coefficient (Wildman–Crippen LogP) is -0.318. The first-order chi connectivity index (χ1) is 11.1. The molecule has 0 rings (SSSR count). The van der Waals surface area contributed by atoms with E-state index in [0.717, 1.165) is 6.26 Å². The third-order valence-electron chi connectivity index (χ3n) is 3.22. The maximum atomic E-state index is 12.2. The van der Waals surface area contributed by atoms with Crippen LogP contribution < -0.4 is 15.4 Å². The van der Waals surface area contributed by atoms with Crippen LogP contribution in [-0.2, 0) is 24.4 Å². The van der Waals surface area contributed by atoms with Crippen LogP contribution in [0.3, 0.4) is 0 Å². The minimum atomic E-state index is -3.62. The molecule has 0 aliphatic rings. The molecule has 0 saturated heterocycles. The van der Waals surface area contributed by atoms with Crippen LogP contribution >= 0.6 is 0 Å². The van der Waals surface area contributed by atoms with Crippen LogP contribution in [0.2, 0.25) is 0 Å². The highest BCUT2D eigenvalue weighted by Crippen LogP contribution is 2.20. The number of carboxylic acids is 1. The van der Waals surface area contributed by atoms with Gasteiger partial charge in [0.25, 0.3) is 0 Å². The lowest BCUT2D eigenvalue weighted by molar-refractivity contribution is -0.142. The molecule has 0 saturated carbocycles. The van der Waals surface area contributed by atoms with Crippen molar-refractivity contribution in [1.82, 2.24) is 15.4 Å².